The van der Waals surface area contributed by atoms with Gasteiger partial charge in [0.05, 0.1) is 19.3 Å². The van der Waals surface area contributed by atoms with Gasteiger partial charge in [0.15, 0.2) is 0 Å². The Balaban J connectivity index is 1.12. The van der Waals surface area contributed by atoms with Crippen LogP contribution in [0.15, 0.2) is 48.5 Å². The number of carbonyl (C=O) groups is 3. The van der Waals surface area contributed by atoms with Gasteiger partial charge in [0.25, 0.3) is 0 Å². The summed E-state index contributed by atoms with van der Waals surface area (Å²) in [6.07, 6.45) is 1.32. The molecule has 8 nitrogen and oxygen atoms in total. The molecule has 8 heteroatoms. The van der Waals surface area contributed by atoms with E-state index in [2.05, 4.69) is 34.9 Å². The summed E-state index contributed by atoms with van der Waals surface area (Å²) in [4.78, 5) is 36.5. The molecule has 0 bridgehead atoms. The number of carbonyl (C=O) groups excluding carboxylic acids is 2. The Morgan fingerprint density at radius 2 is 1.62 bits per heavy atom. The van der Waals surface area contributed by atoms with Crippen molar-refractivity contribution in [3.63, 3.8) is 0 Å². The molecule has 1 heterocycles. The fourth-order valence-corrected chi connectivity index (χ4v) is 5.40. The number of hydrogen-bond acceptors (Lipinski definition) is 5. The second-order valence-electron chi connectivity index (χ2n) is 9.27. The van der Waals surface area contributed by atoms with Crippen LogP contribution in [0.4, 0.5) is 4.79 Å². The lowest BCUT2D eigenvalue weighted by Gasteiger charge is -2.19. The molecule has 178 valence electrons. The molecule has 2 fully saturated rings. The van der Waals surface area contributed by atoms with Crippen molar-refractivity contribution in [3.05, 3.63) is 59.7 Å². The number of ether oxygens (including phenoxy) is 2. The molecule has 0 spiro atoms. The van der Waals surface area contributed by atoms with Gasteiger partial charge >= 0.3 is 12.1 Å². The van der Waals surface area contributed by atoms with Crippen LogP contribution in [0.3, 0.4) is 0 Å². The lowest BCUT2D eigenvalue weighted by molar-refractivity contribution is -0.142. The van der Waals surface area contributed by atoms with Crippen molar-refractivity contribution >= 4 is 18.0 Å². The number of amides is 2. The van der Waals surface area contributed by atoms with Crippen LogP contribution >= 0.6 is 0 Å². The second-order valence-corrected chi connectivity index (χ2v) is 9.27. The van der Waals surface area contributed by atoms with Crippen molar-refractivity contribution in [2.45, 2.75) is 37.3 Å². The van der Waals surface area contributed by atoms with E-state index < -0.39 is 24.0 Å². The molecule has 2 amide bonds. The van der Waals surface area contributed by atoms with Crippen LogP contribution in [-0.4, -0.2) is 55.0 Å². The number of aliphatic carboxylic acids is 1. The number of carboxylic acid groups (broad SMARTS) is 1. The first kappa shape index (κ1) is 22.4. The Morgan fingerprint density at radius 3 is 2.29 bits per heavy atom. The summed E-state index contributed by atoms with van der Waals surface area (Å²) in [5, 5.41) is 15.0. The van der Waals surface area contributed by atoms with E-state index in [4.69, 9.17) is 9.47 Å². The number of alkyl carbamates (subject to hydrolysis) is 1. The SMILES string of the molecule is O=C(N[C@@H]1CC[C@H](C(=O)NC2COCC2C(=O)O)C1)OCC1c2ccccc2-c2ccccc21. The fraction of sp³-hybridized carbons (Fsp3) is 0.423. The van der Waals surface area contributed by atoms with Gasteiger partial charge in [-0.05, 0) is 41.5 Å². The predicted octanol–water partition coefficient (Wildman–Crippen LogP) is 2.91. The summed E-state index contributed by atoms with van der Waals surface area (Å²) in [5.41, 5.74) is 4.67. The van der Waals surface area contributed by atoms with Crippen molar-refractivity contribution in [1.82, 2.24) is 10.6 Å². The van der Waals surface area contributed by atoms with E-state index >= 15 is 0 Å². The van der Waals surface area contributed by atoms with Crippen LogP contribution in [-0.2, 0) is 19.1 Å². The Bertz CT molecular complexity index is 1060. The van der Waals surface area contributed by atoms with Crippen LogP contribution in [0.25, 0.3) is 11.1 Å². The minimum absolute atomic E-state index is 0.00364. The number of hydrogen-bond donors (Lipinski definition) is 3. The maximum absolute atomic E-state index is 12.6. The lowest BCUT2D eigenvalue weighted by Crippen LogP contribution is -2.45. The molecule has 2 aromatic carbocycles. The third kappa shape index (κ3) is 4.37. The highest BCUT2D eigenvalue weighted by Gasteiger charge is 2.38. The molecule has 5 rings (SSSR count). The first-order valence-electron chi connectivity index (χ1n) is 11.7. The molecule has 0 aromatic heterocycles. The molecule has 4 atom stereocenters. The Labute approximate surface area is 197 Å². The number of fused-ring (bicyclic) bond motifs is 3. The quantitative estimate of drug-likeness (QED) is 0.606. The number of rotatable bonds is 6. The van der Waals surface area contributed by atoms with Gasteiger partial charge in [-0.2, -0.15) is 0 Å². The summed E-state index contributed by atoms with van der Waals surface area (Å²) in [7, 11) is 0. The topological polar surface area (TPSA) is 114 Å². The van der Waals surface area contributed by atoms with Crippen molar-refractivity contribution < 1.29 is 29.0 Å². The average Bonchev–Trinajstić information content (AvgIpc) is 3.56. The second kappa shape index (κ2) is 9.46. The largest absolute Gasteiger partial charge is 0.481 e. The Kier molecular flexibility index (Phi) is 6.24. The standard InChI is InChI=1S/C26H28N2O6/c29-24(28-23-14-33-12-22(23)25(30)31)15-9-10-16(11-15)27-26(32)34-13-21-19-7-3-1-5-17(19)18-6-2-4-8-20(18)21/h1-8,15-16,21-23H,9-14H2,(H,27,32)(H,28,29)(H,30,31)/t15-,16+,22?,23?/m0/s1. The molecule has 3 N–H and O–H groups in total. The van der Waals surface area contributed by atoms with Crippen molar-refractivity contribution in [1.29, 1.82) is 0 Å². The molecule has 1 saturated heterocycles. The average molecular weight is 465 g/mol. The van der Waals surface area contributed by atoms with Gasteiger partial charge in [-0.15, -0.1) is 0 Å². The summed E-state index contributed by atoms with van der Waals surface area (Å²) in [5.74, 6) is -2.15. The van der Waals surface area contributed by atoms with Crippen LogP contribution in [0.5, 0.6) is 0 Å². The molecule has 1 aliphatic heterocycles. The smallest absolute Gasteiger partial charge is 0.407 e. The molecule has 1 saturated carbocycles. The molecule has 34 heavy (non-hydrogen) atoms. The highest BCUT2D eigenvalue weighted by atomic mass is 16.5. The first-order valence-corrected chi connectivity index (χ1v) is 11.7. The van der Waals surface area contributed by atoms with E-state index in [1.54, 1.807) is 0 Å². The zero-order chi connectivity index (χ0) is 23.7. The monoisotopic (exact) mass is 464 g/mol. The zero-order valence-electron chi connectivity index (χ0n) is 18.7. The van der Waals surface area contributed by atoms with Gasteiger partial charge in [0, 0.05) is 17.9 Å². The lowest BCUT2D eigenvalue weighted by atomic mass is 9.98. The van der Waals surface area contributed by atoms with Crippen LogP contribution < -0.4 is 10.6 Å². The predicted molar refractivity (Wildman–Crippen MR) is 123 cm³/mol. The maximum atomic E-state index is 12.6. The van der Waals surface area contributed by atoms with Crippen molar-refractivity contribution in [3.8, 4) is 11.1 Å². The van der Waals surface area contributed by atoms with E-state index in [1.165, 1.54) is 11.1 Å². The summed E-state index contributed by atoms with van der Waals surface area (Å²) in [6.45, 7) is 0.558. The maximum Gasteiger partial charge on any atom is 0.407 e. The summed E-state index contributed by atoms with van der Waals surface area (Å²) < 4.78 is 10.8. The molecule has 2 aromatic rings. The van der Waals surface area contributed by atoms with Crippen LogP contribution in [0, 0.1) is 11.8 Å². The zero-order valence-corrected chi connectivity index (χ0v) is 18.7. The van der Waals surface area contributed by atoms with Gasteiger partial charge in [-0.3, -0.25) is 9.59 Å². The minimum Gasteiger partial charge on any atom is -0.481 e. The van der Waals surface area contributed by atoms with E-state index in [0.29, 0.717) is 19.3 Å². The normalized spacial score (nSPS) is 25.4. The number of benzene rings is 2. The summed E-state index contributed by atoms with van der Waals surface area (Å²) in [6, 6.07) is 15.7. The van der Waals surface area contributed by atoms with Gasteiger partial charge in [0.2, 0.25) is 5.91 Å². The molecular weight excluding hydrogens is 436 g/mol. The van der Waals surface area contributed by atoms with E-state index in [1.807, 2.05) is 24.3 Å². The Morgan fingerprint density at radius 1 is 0.941 bits per heavy atom. The van der Waals surface area contributed by atoms with Gasteiger partial charge < -0.3 is 25.2 Å². The third-order valence-electron chi connectivity index (χ3n) is 7.19. The van der Waals surface area contributed by atoms with Crippen molar-refractivity contribution in [2.75, 3.05) is 19.8 Å². The summed E-state index contributed by atoms with van der Waals surface area (Å²) >= 11 is 0. The number of nitrogens with one attached hydrogen (secondary N) is 2. The molecule has 3 aliphatic rings. The van der Waals surface area contributed by atoms with Crippen LogP contribution in [0.1, 0.15) is 36.3 Å². The van der Waals surface area contributed by atoms with E-state index in [9.17, 15) is 19.5 Å². The minimum atomic E-state index is -0.968. The third-order valence-corrected chi connectivity index (χ3v) is 7.19. The highest BCUT2D eigenvalue weighted by molar-refractivity contribution is 5.81. The highest BCUT2D eigenvalue weighted by Crippen LogP contribution is 2.44. The molecule has 0 radical (unpaired) electrons. The van der Waals surface area contributed by atoms with Gasteiger partial charge in [0.1, 0.15) is 12.5 Å². The van der Waals surface area contributed by atoms with Gasteiger partial charge in [-0.1, -0.05) is 48.5 Å². The number of carboxylic acids is 1. The van der Waals surface area contributed by atoms with Crippen molar-refractivity contribution in [2.24, 2.45) is 11.8 Å². The molecular formula is C26H28N2O6. The molecule has 2 aliphatic carbocycles. The van der Waals surface area contributed by atoms with Crippen LogP contribution in [0.2, 0.25) is 0 Å². The van der Waals surface area contributed by atoms with E-state index in [0.717, 1.165) is 11.1 Å². The van der Waals surface area contributed by atoms with Gasteiger partial charge in [-0.25, -0.2) is 4.79 Å². The Hall–Kier alpha value is -3.39. The fourth-order valence-electron chi connectivity index (χ4n) is 5.40. The first-order chi connectivity index (χ1) is 16.5. The molecule has 2 unspecified atom stereocenters. The van der Waals surface area contributed by atoms with E-state index in [-0.39, 0.29) is 43.6 Å².